The van der Waals surface area contributed by atoms with E-state index < -0.39 is 24.2 Å². The first-order chi connectivity index (χ1) is 15.0. The van der Waals surface area contributed by atoms with Crippen LogP contribution >= 0.6 is 0 Å². The molecular weight excluding hydrogens is 402 g/mol. The topological polar surface area (TPSA) is 102 Å². The van der Waals surface area contributed by atoms with E-state index in [-0.39, 0.29) is 36.2 Å². The van der Waals surface area contributed by atoms with Crippen molar-refractivity contribution in [1.29, 1.82) is 0 Å². The molecule has 1 heterocycles. The number of fused-ring (bicyclic) bond motifs is 1. The zero-order chi connectivity index (χ0) is 22.0. The molecule has 2 atom stereocenters. The largest absolute Gasteiger partial charge is 0.483 e. The molecule has 1 fully saturated rings. The lowest BCUT2D eigenvalue weighted by molar-refractivity contribution is -0.144. The maximum atomic E-state index is 13.4. The lowest BCUT2D eigenvalue weighted by atomic mass is 10.0. The summed E-state index contributed by atoms with van der Waals surface area (Å²) in [6.45, 7) is -0.0658. The number of esters is 1. The summed E-state index contributed by atoms with van der Waals surface area (Å²) in [5.41, 5.74) is 0.723. The van der Waals surface area contributed by atoms with Gasteiger partial charge in [0.1, 0.15) is 5.78 Å². The molecule has 0 saturated heterocycles. The van der Waals surface area contributed by atoms with Crippen molar-refractivity contribution in [3.05, 3.63) is 54.1 Å². The summed E-state index contributed by atoms with van der Waals surface area (Å²) >= 11 is 0. The Hall–Kier alpha value is -3.39. The van der Waals surface area contributed by atoms with Gasteiger partial charge in [-0.05, 0) is 30.5 Å². The van der Waals surface area contributed by atoms with Gasteiger partial charge in [0.05, 0.1) is 19.2 Å². The molecule has 2 unspecified atom stereocenters. The zero-order valence-electron chi connectivity index (χ0n) is 17.0. The van der Waals surface area contributed by atoms with E-state index in [0.29, 0.717) is 11.3 Å². The van der Waals surface area contributed by atoms with Crippen LogP contribution in [0.15, 0.2) is 48.5 Å². The number of hydrogen-bond acceptors (Lipinski definition) is 7. The number of aliphatic hydroxyl groups excluding tert-OH is 1. The molecule has 1 aliphatic carbocycles. The molecule has 162 valence electrons. The Morgan fingerprint density at radius 3 is 2.55 bits per heavy atom. The fourth-order valence-corrected chi connectivity index (χ4v) is 3.60. The van der Waals surface area contributed by atoms with Gasteiger partial charge in [0.15, 0.2) is 24.1 Å². The Bertz CT molecular complexity index is 987. The number of aliphatic hydroxyl groups is 1. The maximum absolute atomic E-state index is 13.4. The van der Waals surface area contributed by atoms with Crippen LogP contribution in [-0.4, -0.2) is 42.8 Å². The number of carbonyl (C=O) groups is 3. The standard InChI is InChI=1S/C23H23NO7/c1-29-23(28)21(15-6-3-2-4-7-15)24(19(26)12-17(25)14-10-11-14)16-8-5-9-18-22(16)31-20(27)13-30-18/h2-9,14,20-21,27H,10-13H2,1H3. The Balaban J connectivity index is 1.82. The second-order valence-corrected chi connectivity index (χ2v) is 7.51. The van der Waals surface area contributed by atoms with Gasteiger partial charge in [0, 0.05) is 5.92 Å². The normalized spacial score (nSPS) is 18.1. The molecule has 0 spiro atoms. The number of rotatable bonds is 7. The molecule has 0 aromatic heterocycles. The second kappa shape index (κ2) is 8.77. The minimum Gasteiger partial charge on any atom is -0.483 e. The monoisotopic (exact) mass is 425 g/mol. The van der Waals surface area contributed by atoms with Crippen LogP contribution < -0.4 is 14.4 Å². The zero-order valence-corrected chi connectivity index (χ0v) is 17.0. The van der Waals surface area contributed by atoms with Crippen molar-refractivity contribution in [2.45, 2.75) is 31.6 Å². The van der Waals surface area contributed by atoms with Crippen molar-refractivity contribution < 1.29 is 33.7 Å². The van der Waals surface area contributed by atoms with Crippen molar-refractivity contribution in [1.82, 2.24) is 0 Å². The van der Waals surface area contributed by atoms with E-state index in [0.717, 1.165) is 12.8 Å². The molecule has 1 saturated carbocycles. The summed E-state index contributed by atoms with van der Waals surface area (Å²) in [4.78, 5) is 39.9. The van der Waals surface area contributed by atoms with Gasteiger partial charge in [-0.1, -0.05) is 36.4 Å². The van der Waals surface area contributed by atoms with E-state index in [1.807, 2.05) is 0 Å². The lowest BCUT2D eigenvalue weighted by Crippen LogP contribution is -2.41. The molecule has 1 amide bonds. The summed E-state index contributed by atoms with van der Waals surface area (Å²) in [6, 6.07) is 12.4. The highest BCUT2D eigenvalue weighted by Gasteiger charge is 2.39. The number of anilines is 1. The highest BCUT2D eigenvalue weighted by molar-refractivity contribution is 6.10. The fourth-order valence-electron chi connectivity index (χ4n) is 3.60. The van der Waals surface area contributed by atoms with Gasteiger partial charge in [-0.15, -0.1) is 0 Å². The number of carbonyl (C=O) groups excluding carboxylic acids is 3. The van der Waals surface area contributed by atoms with Crippen LogP contribution in [0.5, 0.6) is 11.5 Å². The predicted octanol–water partition coefficient (Wildman–Crippen LogP) is 2.39. The molecule has 0 radical (unpaired) electrons. The van der Waals surface area contributed by atoms with Crippen molar-refractivity contribution >= 4 is 23.3 Å². The summed E-state index contributed by atoms with van der Waals surface area (Å²) in [5.74, 6) is -1.05. The number of ketones is 1. The maximum Gasteiger partial charge on any atom is 0.333 e. The summed E-state index contributed by atoms with van der Waals surface area (Å²) < 4.78 is 16.1. The van der Waals surface area contributed by atoms with Gasteiger partial charge >= 0.3 is 5.97 Å². The molecule has 31 heavy (non-hydrogen) atoms. The molecule has 2 aliphatic rings. The van der Waals surface area contributed by atoms with Gasteiger partial charge in [0.25, 0.3) is 0 Å². The third-order valence-electron chi connectivity index (χ3n) is 5.28. The Morgan fingerprint density at radius 1 is 1.13 bits per heavy atom. The Kier molecular flexibility index (Phi) is 5.90. The number of Topliss-reactive ketones (excluding diaryl/α,β-unsaturated/α-hetero) is 1. The Labute approximate surface area is 179 Å². The van der Waals surface area contributed by atoms with Crippen LogP contribution in [-0.2, 0) is 19.1 Å². The van der Waals surface area contributed by atoms with Crippen LogP contribution in [0.2, 0.25) is 0 Å². The van der Waals surface area contributed by atoms with Crippen molar-refractivity contribution in [2.75, 3.05) is 18.6 Å². The van der Waals surface area contributed by atoms with E-state index in [4.69, 9.17) is 14.2 Å². The van der Waals surface area contributed by atoms with Gasteiger partial charge in [-0.25, -0.2) is 4.79 Å². The van der Waals surface area contributed by atoms with Gasteiger partial charge < -0.3 is 19.3 Å². The first-order valence-corrected chi connectivity index (χ1v) is 10.1. The number of methoxy groups -OCH3 is 1. The number of nitrogens with zero attached hydrogens (tertiary/aromatic N) is 1. The smallest absolute Gasteiger partial charge is 0.333 e. The average molecular weight is 425 g/mol. The first-order valence-electron chi connectivity index (χ1n) is 10.1. The number of ether oxygens (including phenoxy) is 3. The number of para-hydroxylation sites is 1. The van der Waals surface area contributed by atoms with Crippen LogP contribution in [0.25, 0.3) is 0 Å². The lowest BCUT2D eigenvalue weighted by Gasteiger charge is -2.33. The average Bonchev–Trinajstić information content (AvgIpc) is 3.63. The van der Waals surface area contributed by atoms with Crippen LogP contribution in [0.3, 0.4) is 0 Å². The minimum atomic E-state index is -1.23. The van der Waals surface area contributed by atoms with Gasteiger partial charge in [-0.3, -0.25) is 14.5 Å². The Morgan fingerprint density at radius 2 is 1.87 bits per heavy atom. The number of benzene rings is 2. The quantitative estimate of drug-likeness (QED) is 0.537. The van der Waals surface area contributed by atoms with E-state index in [1.54, 1.807) is 48.5 Å². The van der Waals surface area contributed by atoms with E-state index in [1.165, 1.54) is 12.0 Å². The van der Waals surface area contributed by atoms with Gasteiger partial charge in [0.2, 0.25) is 12.2 Å². The molecule has 1 aliphatic heterocycles. The van der Waals surface area contributed by atoms with Crippen molar-refractivity contribution in [3.8, 4) is 11.5 Å². The first kappa shape index (κ1) is 20.9. The molecule has 0 bridgehead atoms. The summed E-state index contributed by atoms with van der Waals surface area (Å²) in [5, 5.41) is 9.94. The molecule has 2 aromatic carbocycles. The highest BCUT2D eigenvalue weighted by Crippen LogP contribution is 2.44. The second-order valence-electron chi connectivity index (χ2n) is 7.51. The molecule has 8 heteroatoms. The molecule has 8 nitrogen and oxygen atoms in total. The predicted molar refractivity (Wildman–Crippen MR) is 110 cm³/mol. The molecular formula is C23H23NO7. The van der Waals surface area contributed by atoms with Crippen LogP contribution in [0, 0.1) is 5.92 Å². The van der Waals surface area contributed by atoms with Gasteiger partial charge in [-0.2, -0.15) is 0 Å². The summed E-state index contributed by atoms with van der Waals surface area (Å²) in [6.07, 6.45) is -0.0329. The third-order valence-corrected chi connectivity index (χ3v) is 5.28. The number of amides is 1. The van der Waals surface area contributed by atoms with E-state index in [2.05, 4.69) is 0 Å². The number of hydrogen-bond donors (Lipinski definition) is 1. The summed E-state index contributed by atoms with van der Waals surface area (Å²) in [7, 11) is 1.24. The minimum absolute atomic E-state index is 0.0658. The third kappa shape index (κ3) is 4.39. The molecule has 2 aromatic rings. The molecule has 1 N–H and O–H groups in total. The van der Waals surface area contributed by atoms with E-state index >= 15 is 0 Å². The van der Waals surface area contributed by atoms with Crippen molar-refractivity contribution in [3.63, 3.8) is 0 Å². The highest BCUT2D eigenvalue weighted by atomic mass is 16.7. The van der Waals surface area contributed by atoms with Crippen molar-refractivity contribution in [2.24, 2.45) is 5.92 Å². The van der Waals surface area contributed by atoms with E-state index in [9.17, 15) is 19.5 Å². The molecule has 4 rings (SSSR count). The SMILES string of the molecule is COC(=O)C(c1ccccc1)N(C(=O)CC(=O)C1CC1)c1cccc2c1OC(O)CO2. The van der Waals surface area contributed by atoms with Crippen LogP contribution in [0.4, 0.5) is 5.69 Å². The van der Waals surface area contributed by atoms with Crippen LogP contribution in [0.1, 0.15) is 30.9 Å². The fraction of sp³-hybridized carbons (Fsp3) is 0.348.